The molecule has 4 rings (SSSR count). The molecule has 1 aliphatic heterocycles. The fraction of sp³-hybridized carbons (Fsp3) is 0.320. The molecule has 0 spiro atoms. The van der Waals surface area contributed by atoms with Crippen molar-refractivity contribution in [2.75, 3.05) is 39.7 Å². The van der Waals surface area contributed by atoms with E-state index in [4.69, 9.17) is 18.9 Å². The Labute approximate surface area is 212 Å². The van der Waals surface area contributed by atoms with Gasteiger partial charge >= 0.3 is 0 Å². The summed E-state index contributed by atoms with van der Waals surface area (Å²) in [5.74, 6) is 2.42. The number of rotatable bonds is 8. The number of nitrogens with zero attached hydrogens (tertiary/aromatic N) is 3. The molecular formula is C25H27BrN4O5. The van der Waals surface area contributed by atoms with E-state index in [0.717, 1.165) is 32.4 Å². The van der Waals surface area contributed by atoms with Crippen molar-refractivity contribution < 1.29 is 23.7 Å². The van der Waals surface area contributed by atoms with E-state index in [0.29, 0.717) is 38.7 Å². The van der Waals surface area contributed by atoms with Crippen molar-refractivity contribution in [1.29, 1.82) is 0 Å². The van der Waals surface area contributed by atoms with Crippen LogP contribution in [0.1, 0.15) is 29.6 Å². The summed E-state index contributed by atoms with van der Waals surface area (Å²) >= 11 is 3.45. The number of hydrogen-bond donors (Lipinski definition) is 1. The highest BCUT2D eigenvalue weighted by atomic mass is 79.9. The van der Waals surface area contributed by atoms with E-state index in [1.54, 1.807) is 51.8 Å². The number of piperidine rings is 1. The number of aromatic nitrogens is 2. The molecule has 10 heteroatoms. The third kappa shape index (κ3) is 5.59. The molecule has 0 atom stereocenters. The SMILES string of the molecule is COc1cc(Nc2ncc(Br)c(Oc3ccccc3C(=O)N3CCCCC3)n2)cc(OC)c1OC. The van der Waals surface area contributed by atoms with Crippen LogP contribution in [0.15, 0.2) is 47.1 Å². The van der Waals surface area contributed by atoms with Gasteiger partial charge in [-0.3, -0.25) is 4.79 Å². The van der Waals surface area contributed by atoms with Gasteiger partial charge in [-0.05, 0) is 47.3 Å². The van der Waals surface area contributed by atoms with Crippen molar-refractivity contribution in [2.45, 2.75) is 19.3 Å². The van der Waals surface area contributed by atoms with Gasteiger partial charge in [0, 0.05) is 30.9 Å². The lowest BCUT2D eigenvalue weighted by Crippen LogP contribution is -2.35. The number of amides is 1. The maximum absolute atomic E-state index is 13.1. The van der Waals surface area contributed by atoms with Crippen molar-refractivity contribution in [3.63, 3.8) is 0 Å². The highest BCUT2D eigenvalue weighted by molar-refractivity contribution is 9.10. The number of carbonyl (C=O) groups excluding carboxylic acids is 1. The molecule has 3 aromatic rings. The minimum atomic E-state index is -0.0405. The highest BCUT2D eigenvalue weighted by Gasteiger charge is 2.22. The van der Waals surface area contributed by atoms with Gasteiger partial charge in [-0.15, -0.1) is 0 Å². The average Bonchev–Trinajstić information content (AvgIpc) is 2.90. The van der Waals surface area contributed by atoms with Gasteiger partial charge in [-0.2, -0.15) is 4.98 Å². The molecular weight excluding hydrogens is 516 g/mol. The van der Waals surface area contributed by atoms with Crippen molar-refractivity contribution >= 4 is 33.5 Å². The van der Waals surface area contributed by atoms with Gasteiger partial charge < -0.3 is 29.2 Å². The fourth-order valence-electron chi connectivity index (χ4n) is 3.87. The van der Waals surface area contributed by atoms with Gasteiger partial charge in [0.25, 0.3) is 5.91 Å². The van der Waals surface area contributed by atoms with E-state index in [9.17, 15) is 4.79 Å². The second-order valence-electron chi connectivity index (χ2n) is 7.84. The lowest BCUT2D eigenvalue weighted by Gasteiger charge is -2.27. The second-order valence-corrected chi connectivity index (χ2v) is 8.69. The Kier molecular flexibility index (Phi) is 7.91. The Hall–Kier alpha value is -3.53. The molecule has 2 aromatic carbocycles. The quantitative estimate of drug-likeness (QED) is 0.402. The van der Waals surface area contributed by atoms with Gasteiger partial charge in [0.15, 0.2) is 11.5 Å². The van der Waals surface area contributed by atoms with Crippen LogP contribution in [0.3, 0.4) is 0 Å². The van der Waals surface area contributed by atoms with Crippen molar-refractivity contribution in [3.05, 3.63) is 52.6 Å². The number of carbonyl (C=O) groups is 1. The second kappa shape index (κ2) is 11.3. The number of anilines is 2. The third-order valence-electron chi connectivity index (χ3n) is 5.60. The average molecular weight is 543 g/mol. The first-order chi connectivity index (χ1) is 17.0. The fourth-order valence-corrected chi connectivity index (χ4v) is 4.14. The number of likely N-dealkylation sites (tertiary alicyclic amines) is 1. The minimum absolute atomic E-state index is 0.0405. The van der Waals surface area contributed by atoms with E-state index in [1.807, 2.05) is 17.0 Å². The first-order valence-electron chi connectivity index (χ1n) is 11.2. The molecule has 0 radical (unpaired) electrons. The number of ether oxygens (including phenoxy) is 4. The van der Waals surface area contributed by atoms with Crippen LogP contribution in [0.25, 0.3) is 0 Å². The molecule has 35 heavy (non-hydrogen) atoms. The summed E-state index contributed by atoms with van der Waals surface area (Å²) in [5, 5.41) is 3.13. The molecule has 2 heterocycles. The third-order valence-corrected chi connectivity index (χ3v) is 6.14. The van der Waals surface area contributed by atoms with Crippen molar-refractivity contribution in [3.8, 4) is 28.9 Å². The first kappa shape index (κ1) is 24.6. The van der Waals surface area contributed by atoms with Crippen LogP contribution in [0.2, 0.25) is 0 Å². The molecule has 1 aromatic heterocycles. The predicted molar refractivity (Wildman–Crippen MR) is 135 cm³/mol. The van der Waals surface area contributed by atoms with Crippen LogP contribution in [0.4, 0.5) is 11.6 Å². The zero-order valence-corrected chi connectivity index (χ0v) is 21.4. The monoisotopic (exact) mass is 542 g/mol. The zero-order chi connectivity index (χ0) is 24.8. The van der Waals surface area contributed by atoms with E-state index in [2.05, 4.69) is 31.2 Å². The Bertz CT molecular complexity index is 1180. The molecule has 1 saturated heterocycles. The number of methoxy groups -OCH3 is 3. The van der Waals surface area contributed by atoms with Crippen LogP contribution in [-0.2, 0) is 0 Å². The van der Waals surface area contributed by atoms with Gasteiger partial charge in [0.2, 0.25) is 17.6 Å². The number of hydrogen-bond acceptors (Lipinski definition) is 8. The summed E-state index contributed by atoms with van der Waals surface area (Å²) in [6, 6.07) is 10.7. The molecule has 1 fully saturated rings. The largest absolute Gasteiger partial charge is 0.493 e. The van der Waals surface area contributed by atoms with Crippen molar-refractivity contribution in [1.82, 2.24) is 14.9 Å². The van der Waals surface area contributed by atoms with Crippen molar-refractivity contribution in [2.24, 2.45) is 0 Å². The van der Waals surface area contributed by atoms with E-state index in [1.165, 1.54) is 0 Å². The molecule has 1 N–H and O–H groups in total. The van der Waals surface area contributed by atoms with Crippen LogP contribution in [-0.4, -0.2) is 55.2 Å². The summed E-state index contributed by atoms with van der Waals surface area (Å²) in [7, 11) is 4.64. The molecule has 0 unspecified atom stereocenters. The van der Waals surface area contributed by atoms with Crippen LogP contribution < -0.4 is 24.3 Å². The number of benzene rings is 2. The summed E-state index contributed by atoms with van der Waals surface area (Å²) in [4.78, 5) is 23.8. The molecule has 184 valence electrons. The Balaban J connectivity index is 1.59. The Morgan fingerprint density at radius 2 is 1.66 bits per heavy atom. The topological polar surface area (TPSA) is 95.0 Å². The number of para-hydroxylation sites is 1. The minimum Gasteiger partial charge on any atom is -0.493 e. The van der Waals surface area contributed by atoms with Gasteiger partial charge in [0.1, 0.15) is 5.75 Å². The van der Waals surface area contributed by atoms with Crippen LogP contribution in [0, 0.1) is 0 Å². The molecule has 0 saturated carbocycles. The lowest BCUT2D eigenvalue weighted by molar-refractivity contribution is 0.0721. The Morgan fingerprint density at radius 1 is 0.971 bits per heavy atom. The standard InChI is InChI=1S/C25H27BrN4O5/c1-32-20-13-16(14-21(33-2)22(20)34-3)28-25-27-15-18(26)23(29-25)35-19-10-6-5-9-17(19)24(31)30-11-7-4-8-12-30/h5-6,9-10,13-15H,4,7-8,11-12H2,1-3H3,(H,27,28,29). The van der Waals surface area contributed by atoms with Gasteiger partial charge in [0.05, 0.1) is 37.6 Å². The maximum atomic E-state index is 13.1. The summed E-state index contributed by atoms with van der Waals surface area (Å²) < 4.78 is 22.8. The van der Waals surface area contributed by atoms with E-state index < -0.39 is 0 Å². The molecule has 1 amide bonds. The number of nitrogens with one attached hydrogen (secondary N) is 1. The van der Waals surface area contributed by atoms with E-state index >= 15 is 0 Å². The predicted octanol–water partition coefficient (Wildman–Crippen LogP) is 5.43. The zero-order valence-electron chi connectivity index (χ0n) is 19.8. The van der Waals surface area contributed by atoms with Gasteiger partial charge in [-0.25, -0.2) is 4.98 Å². The summed E-state index contributed by atoms with van der Waals surface area (Å²) in [5.41, 5.74) is 1.13. The number of halogens is 1. The smallest absolute Gasteiger partial charge is 0.257 e. The molecule has 9 nitrogen and oxygen atoms in total. The summed E-state index contributed by atoms with van der Waals surface area (Å²) in [6.45, 7) is 1.51. The highest BCUT2D eigenvalue weighted by Crippen LogP contribution is 2.40. The molecule has 1 aliphatic rings. The van der Waals surface area contributed by atoms with Crippen LogP contribution in [0.5, 0.6) is 28.9 Å². The Morgan fingerprint density at radius 3 is 2.31 bits per heavy atom. The molecule has 0 aliphatic carbocycles. The lowest BCUT2D eigenvalue weighted by atomic mass is 10.1. The van der Waals surface area contributed by atoms with Gasteiger partial charge in [-0.1, -0.05) is 12.1 Å². The van der Waals surface area contributed by atoms with Crippen LogP contribution >= 0.6 is 15.9 Å². The first-order valence-corrected chi connectivity index (χ1v) is 12.0. The normalized spacial score (nSPS) is 13.2. The molecule has 0 bridgehead atoms. The maximum Gasteiger partial charge on any atom is 0.257 e. The van der Waals surface area contributed by atoms with E-state index in [-0.39, 0.29) is 17.7 Å². The summed E-state index contributed by atoms with van der Waals surface area (Å²) in [6.07, 6.45) is 4.76.